The first-order valence-corrected chi connectivity index (χ1v) is 11.5. The van der Waals surface area contributed by atoms with Gasteiger partial charge in [0.05, 0.1) is 11.4 Å². The van der Waals surface area contributed by atoms with Crippen molar-refractivity contribution in [3.63, 3.8) is 0 Å². The highest BCUT2D eigenvalue weighted by Crippen LogP contribution is 2.23. The van der Waals surface area contributed by atoms with E-state index in [1.165, 1.54) is 19.9 Å². The van der Waals surface area contributed by atoms with Gasteiger partial charge in [0.25, 0.3) is 0 Å². The second kappa shape index (κ2) is 8.45. The van der Waals surface area contributed by atoms with Crippen LogP contribution in [0.15, 0.2) is 71.6 Å². The van der Waals surface area contributed by atoms with E-state index < -0.39 is 10.0 Å². The van der Waals surface area contributed by atoms with Crippen LogP contribution in [0.1, 0.15) is 12.8 Å². The lowest BCUT2D eigenvalue weighted by molar-refractivity contribution is -0.116. The molecule has 4 rings (SSSR count). The maximum atomic E-state index is 12.9. The van der Waals surface area contributed by atoms with E-state index in [-0.39, 0.29) is 17.3 Å². The van der Waals surface area contributed by atoms with Gasteiger partial charge in [-0.15, -0.1) is 0 Å². The van der Waals surface area contributed by atoms with Gasteiger partial charge in [-0.25, -0.2) is 8.42 Å². The molecule has 1 amide bonds. The molecule has 30 heavy (non-hydrogen) atoms. The summed E-state index contributed by atoms with van der Waals surface area (Å²) in [6.07, 6.45) is 2.41. The highest BCUT2D eigenvalue weighted by molar-refractivity contribution is 7.89. The molecular weight excluding hydrogens is 398 g/mol. The normalized spacial score (nSPS) is 14.4. The van der Waals surface area contributed by atoms with Gasteiger partial charge in [-0.1, -0.05) is 30.3 Å². The molecule has 0 aromatic heterocycles. The van der Waals surface area contributed by atoms with E-state index in [2.05, 4.69) is 10.2 Å². The Kier molecular flexibility index (Phi) is 5.74. The van der Waals surface area contributed by atoms with Gasteiger partial charge >= 0.3 is 0 Å². The fourth-order valence-electron chi connectivity index (χ4n) is 3.73. The number of likely N-dealkylation sites (N-methyl/N-ethyl adjacent to an activating group) is 1. The molecule has 6 nitrogen and oxygen atoms in total. The summed E-state index contributed by atoms with van der Waals surface area (Å²) in [5.74, 6) is -0.379. The minimum absolute atomic E-state index is 0.173. The summed E-state index contributed by atoms with van der Waals surface area (Å²) in [5.41, 5.74) is 1.79. The Hall–Kier alpha value is -2.90. The van der Waals surface area contributed by atoms with Crippen LogP contribution in [0.3, 0.4) is 0 Å². The number of fused-ring (bicyclic) bond motifs is 1. The number of sulfonamides is 1. The monoisotopic (exact) mass is 423 g/mol. The van der Waals surface area contributed by atoms with Crippen LogP contribution in [0.5, 0.6) is 0 Å². The summed E-state index contributed by atoms with van der Waals surface area (Å²) in [6, 6.07) is 20.2. The van der Waals surface area contributed by atoms with Crippen molar-refractivity contribution in [1.29, 1.82) is 0 Å². The van der Waals surface area contributed by atoms with Crippen molar-refractivity contribution in [2.24, 2.45) is 0 Å². The largest absolute Gasteiger partial charge is 0.372 e. The van der Waals surface area contributed by atoms with Crippen molar-refractivity contribution in [2.75, 3.05) is 36.9 Å². The van der Waals surface area contributed by atoms with Crippen molar-refractivity contribution >= 4 is 38.1 Å². The third-order valence-corrected chi connectivity index (χ3v) is 7.22. The third-order valence-electron chi connectivity index (χ3n) is 5.42. The molecule has 0 aliphatic carbocycles. The van der Waals surface area contributed by atoms with E-state index in [9.17, 15) is 13.2 Å². The quantitative estimate of drug-likeness (QED) is 0.656. The minimum atomic E-state index is -3.77. The number of carbonyl (C=O) groups is 1. The number of anilines is 2. The molecule has 0 spiro atoms. The van der Waals surface area contributed by atoms with Crippen molar-refractivity contribution in [1.82, 2.24) is 4.31 Å². The summed E-state index contributed by atoms with van der Waals surface area (Å²) in [6.45, 7) is 1.86. The van der Waals surface area contributed by atoms with E-state index >= 15 is 0 Å². The molecule has 1 aliphatic rings. The van der Waals surface area contributed by atoms with Crippen LogP contribution < -0.4 is 10.2 Å². The Balaban J connectivity index is 1.41. The van der Waals surface area contributed by atoms with Crippen molar-refractivity contribution in [3.05, 3.63) is 66.7 Å². The molecule has 156 valence electrons. The second-order valence-corrected chi connectivity index (χ2v) is 9.60. The molecule has 0 bridgehead atoms. The zero-order chi connectivity index (χ0) is 21.1. The topological polar surface area (TPSA) is 69.7 Å². The number of hydrogen-bond acceptors (Lipinski definition) is 4. The van der Waals surface area contributed by atoms with Crippen LogP contribution in [0, 0.1) is 0 Å². The number of rotatable bonds is 6. The summed E-state index contributed by atoms with van der Waals surface area (Å²) < 4.78 is 26.9. The first kappa shape index (κ1) is 20.4. The van der Waals surface area contributed by atoms with E-state index in [1.807, 2.05) is 48.5 Å². The maximum absolute atomic E-state index is 12.9. The molecular formula is C23H25N3O3S. The van der Waals surface area contributed by atoms with Crippen molar-refractivity contribution in [3.8, 4) is 0 Å². The van der Waals surface area contributed by atoms with E-state index in [0.29, 0.717) is 5.69 Å². The Bertz CT molecular complexity index is 1150. The van der Waals surface area contributed by atoms with Crippen molar-refractivity contribution < 1.29 is 13.2 Å². The smallest absolute Gasteiger partial charge is 0.243 e. The van der Waals surface area contributed by atoms with Gasteiger partial charge in [-0.3, -0.25) is 4.79 Å². The molecule has 1 N–H and O–H groups in total. The highest BCUT2D eigenvalue weighted by Gasteiger charge is 2.23. The van der Waals surface area contributed by atoms with E-state index in [4.69, 9.17) is 0 Å². The van der Waals surface area contributed by atoms with Crippen molar-refractivity contribution in [2.45, 2.75) is 17.7 Å². The molecule has 1 saturated heterocycles. The fraction of sp³-hybridized carbons (Fsp3) is 0.261. The molecule has 0 radical (unpaired) electrons. The number of carbonyl (C=O) groups excluding carboxylic acids is 1. The third kappa shape index (κ3) is 4.32. The fourth-order valence-corrected chi connectivity index (χ4v) is 4.89. The standard InChI is InChI=1S/C23H25N3O3S/c1-25(30(28,29)22-13-8-18-6-2-3-7-19(18)16-22)17-23(27)24-20-9-11-21(12-10-20)26-14-4-5-15-26/h2-3,6-13,16H,4-5,14-15,17H2,1H3,(H,24,27). The molecule has 0 atom stereocenters. The summed E-state index contributed by atoms with van der Waals surface area (Å²) >= 11 is 0. The number of hydrogen-bond donors (Lipinski definition) is 1. The van der Waals surface area contributed by atoms with Gasteiger partial charge in [0.2, 0.25) is 15.9 Å². The first-order valence-electron chi connectivity index (χ1n) is 10.0. The van der Waals surface area contributed by atoms with Gasteiger partial charge in [-0.05, 0) is 60.0 Å². The lowest BCUT2D eigenvalue weighted by Crippen LogP contribution is -2.35. The highest BCUT2D eigenvalue weighted by atomic mass is 32.2. The Labute approximate surface area is 177 Å². The molecule has 7 heteroatoms. The number of amides is 1. The van der Waals surface area contributed by atoms with E-state index in [0.717, 1.165) is 33.9 Å². The van der Waals surface area contributed by atoms with Crippen LogP contribution in [-0.2, 0) is 14.8 Å². The molecule has 0 unspecified atom stereocenters. The summed E-state index contributed by atoms with van der Waals surface area (Å²) in [5, 5.41) is 4.59. The Morgan fingerprint density at radius 3 is 2.33 bits per heavy atom. The average Bonchev–Trinajstić information content (AvgIpc) is 3.28. The van der Waals surface area contributed by atoms with Crippen LogP contribution in [0.25, 0.3) is 10.8 Å². The summed E-state index contributed by atoms with van der Waals surface area (Å²) in [7, 11) is -2.35. The molecule has 3 aromatic rings. The van der Waals surface area contributed by atoms with Crippen LogP contribution >= 0.6 is 0 Å². The zero-order valence-electron chi connectivity index (χ0n) is 16.9. The lowest BCUT2D eigenvalue weighted by atomic mass is 10.1. The number of nitrogens with one attached hydrogen (secondary N) is 1. The molecule has 1 aliphatic heterocycles. The minimum Gasteiger partial charge on any atom is -0.372 e. The van der Waals surface area contributed by atoms with Crippen LogP contribution in [0.4, 0.5) is 11.4 Å². The van der Waals surface area contributed by atoms with Gasteiger partial charge in [0.15, 0.2) is 0 Å². The predicted molar refractivity (Wildman–Crippen MR) is 120 cm³/mol. The number of nitrogens with zero attached hydrogens (tertiary/aromatic N) is 2. The van der Waals surface area contributed by atoms with Gasteiger partial charge in [0.1, 0.15) is 0 Å². The first-order chi connectivity index (χ1) is 14.4. The molecule has 1 fully saturated rings. The molecule has 0 saturated carbocycles. The van der Waals surface area contributed by atoms with Gasteiger partial charge < -0.3 is 10.2 Å². The SMILES string of the molecule is CN(CC(=O)Nc1ccc(N2CCCC2)cc1)S(=O)(=O)c1ccc2ccccc2c1. The number of benzene rings is 3. The maximum Gasteiger partial charge on any atom is 0.243 e. The average molecular weight is 424 g/mol. The van der Waals surface area contributed by atoms with Crippen LogP contribution in [0.2, 0.25) is 0 Å². The molecule has 1 heterocycles. The van der Waals surface area contributed by atoms with Gasteiger partial charge in [0, 0.05) is 31.5 Å². The van der Waals surface area contributed by atoms with E-state index in [1.54, 1.807) is 18.2 Å². The van der Waals surface area contributed by atoms with Crippen LogP contribution in [-0.4, -0.2) is 45.3 Å². The second-order valence-electron chi connectivity index (χ2n) is 7.56. The Morgan fingerprint density at radius 2 is 1.63 bits per heavy atom. The zero-order valence-corrected chi connectivity index (χ0v) is 17.7. The predicted octanol–water partition coefficient (Wildman–Crippen LogP) is 3.70. The summed E-state index contributed by atoms with van der Waals surface area (Å²) in [4.78, 5) is 14.9. The lowest BCUT2D eigenvalue weighted by Gasteiger charge is -2.19. The van der Waals surface area contributed by atoms with Gasteiger partial charge in [-0.2, -0.15) is 4.31 Å². The molecule has 3 aromatic carbocycles. The Morgan fingerprint density at radius 1 is 0.967 bits per heavy atom.